The lowest BCUT2D eigenvalue weighted by Gasteiger charge is -2.00. The van der Waals surface area contributed by atoms with Crippen molar-refractivity contribution in [1.82, 2.24) is 15.0 Å². The lowest BCUT2D eigenvalue weighted by atomic mass is 10.1. The van der Waals surface area contributed by atoms with E-state index < -0.39 is 0 Å². The predicted molar refractivity (Wildman–Crippen MR) is 81.3 cm³/mol. The molecular formula is C17H17N3. The highest BCUT2D eigenvalue weighted by Gasteiger charge is 2.15. The molecule has 3 rings (SSSR count). The van der Waals surface area contributed by atoms with Gasteiger partial charge in [-0.05, 0) is 13.8 Å². The smallest absolute Gasteiger partial charge is 0.121 e. The molecule has 1 aromatic heterocycles. The Bertz CT molecular complexity index is 628. The Morgan fingerprint density at radius 1 is 0.700 bits per heavy atom. The van der Waals surface area contributed by atoms with Gasteiger partial charge in [0, 0.05) is 11.1 Å². The van der Waals surface area contributed by atoms with Gasteiger partial charge in [0.1, 0.15) is 11.4 Å². The minimum Gasteiger partial charge on any atom is -0.181 e. The molecule has 100 valence electrons. The highest BCUT2D eigenvalue weighted by Crippen LogP contribution is 2.29. The number of hydrogen-bond donors (Lipinski definition) is 0. The quantitative estimate of drug-likeness (QED) is 0.709. The average Bonchev–Trinajstić information content (AvgIpc) is 2.94. The molecule has 0 aliphatic rings. The summed E-state index contributed by atoms with van der Waals surface area (Å²) in [7, 11) is 0. The molecule has 3 aromatic rings. The minimum absolute atomic E-state index is 0.245. The van der Waals surface area contributed by atoms with Crippen LogP contribution in [0.4, 0.5) is 0 Å². The summed E-state index contributed by atoms with van der Waals surface area (Å²) in [5.74, 6) is 0. The van der Waals surface area contributed by atoms with Gasteiger partial charge in [-0.15, -0.1) is 0 Å². The van der Waals surface area contributed by atoms with Crippen LogP contribution in [0.15, 0.2) is 60.7 Å². The van der Waals surface area contributed by atoms with Crippen molar-refractivity contribution in [3.63, 3.8) is 0 Å². The molecule has 0 fully saturated rings. The third kappa shape index (κ3) is 2.35. The Labute approximate surface area is 118 Å². The van der Waals surface area contributed by atoms with E-state index in [0.29, 0.717) is 0 Å². The molecule has 20 heavy (non-hydrogen) atoms. The Kier molecular flexibility index (Phi) is 3.33. The fourth-order valence-corrected chi connectivity index (χ4v) is 2.13. The monoisotopic (exact) mass is 263 g/mol. The first-order valence-electron chi connectivity index (χ1n) is 6.83. The first kappa shape index (κ1) is 12.6. The largest absolute Gasteiger partial charge is 0.181 e. The van der Waals surface area contributed by atoms with Crippen LogP contribution in [-0.2, 0) is 0 Å². The summed E-state index contributed by atoms with van der Waals surface area (Å²) in [5, 5.41) is 9.32. The standard InChI is InChI=1S/C17H17N3/c1-13(2)20-18-16(14-9-5-3-6-10-14)17(19-20)15-11-7-4-8-12-15/h3-13H,1-2H3. The molecule has 2 aromatic carbocycles. The summed E-state index contributed by atoms with van der Waals surface area (Å²) in [4.78, 5) is 1.78. The van der Waals surface area contributed by atoms with Gasteiger partial charge in [0.05, 0.1) is 6.04 Å². The van der Waals surface area contributed by atoms with E-state index in [1.54, 1.807) is 4.80 Å². The van der Waals surface area contributed by atoms with E-state index in [1.807, 2.05) is 36.4 Å². The van der Waals surface area contributed by atoms with E-state index in [0.717, 1.165) is 22.5 Å². The number of nitrogens with zero attached hydrogens (tertiary/aromatic N) is 3. The van der Waals surface area contributed by atoms with Crippen LogP contribution >= 0.6 is 0 Å². The Morgan fingerprint density at radius 3 is 1.45 bits per heavy atom. The zero-order valence-corrected chi connectivity index (χ0v) is 11.7. The van der Waals surface area contributed by atoms with Crippen molar-refractivity contribution >= 4 is 0 Å². The molecule has 0 radical (unpaired) electrons. The minimum atomic E-state index is 0.245. The van der Waals surface area contributed by atoms with Gasteiger partial charge in [-0.25, -0.2) is 0 Å². The number of hydrogen-bond acceptors (Lipinski definition) is 2. The van der Waals surface area contributed by atoms with Gasteiger partial charge in [-0.1, -0.05) is 60.7 Å². The topological polar surface area (TPSA) is 30.7 Å². The van der Waals surface area contributed by atoms with Crippen molar-refractivity contribution in [3.8, 4) is 22.5 Å². The zero-order valence-electron chi connectivity index (χ0n) is 11.7. The van der Waals surface area contributed by atoms with Gasteiger partial charge in [0.2, 0.25) is 0 Å². The fraction of sp³-hybridized carbons (Fsp3) is 0.176. The van der Waals surface area contributed by atoms with Crippen LogP contribution in [0, 0.1) is 0 Å². The predicted octanol–water partition coefficient (Wildman–Crippen LogP) is 4.19. The molecule has 0 bridgehead atoms. The van der Waals surface area contributed by atoms with E-state index in [9.17, 15) is 0 Å². The maximum absolute atomic E-state index is 4.66. The summed E-state index contributed by atoms with van der Waals surface area (Å²) in [6.07, 6.45) is 0. The molecule has 3 nitrogen and oxygen atoms in total. The van der Waals surface area contributed by atoms with Crippen molar-refractivity contribution in [2.45, 2.75) is 19.9 Å². The van der Waals surface area contributed by atoms with Gasteiger partial charge in [-0.2, -0.15) is 15.0 Å². The zero-order chi connectivity index (χ0) is 13.9. The summed E-state index contributed by atoms with van der Waals surface area (Å²) >= 11 is 0. The van der Waals surface area contributed by atoms with Crippen molar-refractivity contribution in [2.24, 2.45) is 0 Å². The van der Waals surface area contributed by atoms with Crippen LogP contribution in [0.25, 0.3) is 22.5 Å². The lowest BCUT2D eigenvalue weighted by Crippen LogP contribution is -2.04. The second kappa shape index (κ2) is 5.29. The molecule has 0 spiro atoms. The van der Waals surface area contributed by atoms with Crippen LogP contribution in [0.1, 0.15) is 19.9 Å². The summed E-state index contributed by atoms with van der Waals surface area (Å²) in [6, 6.07) is 20.7. The second-order valence-electron chi connectivity index (χ2n) is 5.04. The SMILES string of the molecule is CC(C)n1nc(-c2ccccc2)c(-c2ccccc2)n1. The van der Waals surface area contributed by atoms with Crippen molar-refractivity contribution in [2.75, 3.05) is 0 Å². The molecule has 0 saturated carbocycles. The van der Waals surface area contributed by atoms with Crippen LogP contribution in [0.5, 0.6) is 0 Å². The normalized spacial score (nSPS) is 10.9. The Balaban J connectivity index is 2.18. The van der Waals surface area contributed by atoms with E-state index in [2.05, 4.69) is 48.3 Å². The van der Waals surface area contributed by atoms with E-state index in [-0.39, 0.29) is 6.04 Å². The molecule has 0 aliphatic heterocycles. The third-order valence-electron chi connectivity index (χ3n) is 3.19. The highest BCUT2D eigenvalue weighted by molar-refractivity contribution is 5.77. The number of rotatable bonds is 3. The Morgan fingerprint density at radius 2 is 1.10 bits per heavy atom. The molecule has 0 amide bonds. The van der Waals surface area contributed by atoms with Gasteiger partial charge in [-0.3, -0.25) is 0 Å². The molecule has 0 unspecified atom stereocenters. The summed E-state index contributed by atoms with van der Waals surface area (Å²) in [5.41, 5.74) is 4.06. The van der Waals surface area contributed by atoms with Crippen LogP contribution in [0.2, 0.25) is 0 Å². The molecular weight excluding hydrogens is 246 g/mol. The molecule has 3 heteroatoms. The maximum atomic E-state index is 4.66. The lowest BCUT2D eigenvalue weighted by molar-refractivity contribution is 0.468. The average molecular weight is 263 g/mol. The van der Waals surface area contributed by atoms with Crippen LogP contribution in [0.3, 0.4) is 0 Å². The fourth-order valence-electron chi connectivity index (χ4n) is 2.13. The summed E-state index contributed by atoms with van der Waals surface area (Å²) < 4.78 is 0. The molecule has 0 atom stereocenters. The maximum Gasteiger partial charge on any atom is 0.121 e. The third-order valence-corrected chi connectivity index (χ3v) is 3.19. The van der Waals surface area contributed by atoms with Crippen molar-refractivity contribution < 1.29 is 0 Å². The summed E-state index contributed by atoms with van der Waals surface area (Å²) in [6.45, 7) is 4.17. The molecule has 1 heterocycles. The van der Waals surface area contributed by atoms with Crippen molar-refractivity contribution in [3.05, 3.63) is 60.7 Å². The van der Waals surface area contributed by atoms with E-state index in [1.165, 1.54) is 0 Å². The van der Waals surface area contributed by atoms with Gasteiger partial charge in [0.25, 0.3) is 0 Å². The van der Waals surface area contributed by atoms with Crippen LogP contribution < -0.4 is 0 Å². The molecule has 0 aliphatic carbocycles. The first-order valence-corrected chi connectivity index (χ1v) is 6.83. The number of benzene rings is 2. The van der Waals surface area contributed by atoms with Crippen molar-refractivity contribution in [1.29, 1.82) is 0 Å². The molecule has 0 saturated heterocycles. The van der Waals surface area contributed by atoms with E-state index >= 15 is 0 Å². The molecule has 0 N–H and O–H groups in total. The van der Waals surface area contributed by atoms with E-state index in [4.69, 9.17) is 0 Å². The highest BCUT2D eigenvalue weighted by atomic mass is 15.5. The number of aromatic nitrogens is 3. The van der Waals surface area contributed by atoms with Crippen LogP contribution in [-0.4, -0.2) is 15.0 Å². The Hall–Kier alpha value is -2.42. The van der Waals surface area contributed by atoms with Gasteiger partial charge < -0.3 is 0 Å². The second-order valence-corrected chi connectivity index (χ2v) is 5.04. The van der Waals surface area contributed by atoms with Gasteiger partial charge >= 0.3 is 0 Å². The van der Waals surface area contributed by atoms with Gasteiger partial charge in [0.15, 0.2) is 0 Å². The first-order chi connectivity index (χ1) is 9.75.